The Labute approximate surface area is 158 Å². The number of hydrogen-bond acceptors (Lipinski definition) is 2. The van der Waals surface area contributed by atoms with Crippen molar-refractivity contribution in [3.63, 3.8) is 0 Å². The van der Waals surface area contributed by atoms with E-state index in [-0.39, 0.29) is 11.8 Å². The molecule has 2 aromatic carbocycles. The zero-order chi connectivity index (χ0) is 18.6. The highest BCUT2D eigenvalue weighted by atomic mass is 16.2. The number of benzene rings is 2. The summed E-state index contributed by atoms with van der Waals surface area (Å²) in [6, 6.07) is 19.2. The molecule has 1 fully saturated rings. The minimum Gasteiger partial charge on any atom is -0.348 e. The van der Waals surface area contributed by atoms with E-state index in [9.17, 15) is 9.59 Å². The van der Waals surface area contributed by atoms with Crippen molar-refractivity contribution in [2.45, 2.75) is 19.4 Å². The van der Waals surface area contributed by atoms with Gasteiger partial charge in [0.05, 0.1) is 0 Å². The van der Waals surface area contributed by atoms with E-state index in [1.165, 1.54) is 0 Å². The Kier molecular flexibility index (Phi) is 4.75. The zero-order valence-corrected chi connectivity index (χ0v) is 15.0. The van der Waals surface area contributed by atoms with Crippen molar-refractivity contribution in [3.8, 4) is 5.69 Å². The van der Waals surface area contributed by atoms with Crippen LogP contribution in [0, 0.1) is 0 Å². The van der Waals surface area contributed by atoms with Crippen LogP contribution in [-0.4, -0.2) is 22.9 Å². The molecule has 136 valence electrons. The van der Waals surface area contributed by atoms with Crippen molar-refractivity contribution in [2.24, 2.45) is 0 Å². The topological polar surface area (TPSA) is 54.3 Å². The summed E-state index contributed by atoms with van der Waals surface area (Å²) in [6.07, 6.45) is 5.44. The van der Waals surface area contributed by atoms with Gasteiger partial charge in [-0.2, -0.15) is 0 Å². The highest BCUT2D eigenvalue weighted by molar-refractivity contribution is 5.95. The lowest BCUT2D eigenvalue weighted by atomic mass is 10.1. The summed E-state index contributed by atoms with van der Waals surface area (Å²) in [4.78, 5) is 26.1. The van der Waals surface area contributed by atoms with Gasteiger partial charge in [0.15, 0.2) is 0 Å². The maximum Gasteiger partial charge on any atom is 0.251 e. The summed E-state index contributed by atoms with van der Waals surface area (Å²) in [5, 5.41) is 2.96. The smallest absolute Gasteiger partial charge is 0.251 e. The number of nitrogens with one attached hydrogen (secondary N) is 1. The van der Waals surface area contributed by atoms with Gasteiger partial charge >= 0.3 is 0 Å². The van der Waals surface area contributed by atoms with E-state index in [0.29, 0.717) is 18.5 Å². The standard InChI is InChI=1S/C22H21N3O2/c26-21-7-4-14-25(21)19-10-8-17(9-11-19)16-23-22(27)18-5-3-6-20(15-18)24-12-1-2-13-24/h1-3,5-6,8-13,15H,4,7,14,16H2,(H,23,27). The lowest BCUT2D eigenvalue weighted by Gasteiger charge is -2.16. The van der Waals surface area contributed by atoms with Crippen LogP contribution in [0.1, 0.15) is 28.8 Å². The Morgan fingerprint density at radius 3 is 2.44 bits per heavy atom. The van der Waals surface area contributed by atoms with Gasteiger partial charge in [0.2, 0.25) is 5.91 Å². The van der Waals surface area contributed by atoms with Crippen molar-refractivity contribution in [3.05, 3.63) is 84.2 Å². The number of nitrogens with zero attached hydrogens (tertiary/aromatic N) is 2. The second-order valence-electron chi connectivity index (χ2n) is 6.64. The van der Waals surface area contributed by atoms with Gasteiger partial charge in [-0.05, 0) is 54.4 Å². The van der Waals surface area contributed by atoms with Gasteiger partial charge < -0.3 is 14.8 Å². The Morgan fingerprint density at radius 1 is 0.963 bits per heavy atom. The highest BCUT2D eigenvalue weighted by Gasteiger charge is 2.21. The van der Waals surface area contributed by atoms with Crippen LogP contribution < -0.4 is 10.2 Å². The average Bonchev–Trinajstić information content (AvgIpc) is 3.38. The van der Waals surface area contributed by atoms with E-state index >= 15 is 0 Å². The van der Waals surface area contributed by atoms with Crippen LogP contribution in [0.4, 0.5) is 5.69 Å². The molecular weight excluding hydrogens is 338 g/mol. The number of hydrogen-bond donors (Lipinski definition) is 1. The van der Waals surface area contributed by atoms with Crippen LogP contribution in [0.25, 0.3) is 5.69 Å². The van der Waals surface area contributed by atoms with Crippen molar-refractivity contribution in [1.29, 1.82) is 0 Å². The molecule has 0 radical (unpaired) electrons. The molecule has 0 atom stereocenters. The number of amides is 2. The van der Waals surface area contributed by atoms with Crippen LogP contribution in [-0.2, 0) is 11.3 Å². The predicted molar refractivity (Wildman–Crippen MR) is 105 cm³/mol. The Balaban J connectivity index is 1.39. The molecule has 1 aliphatic rings. The van der Waals surface area contributed by atoms with E-state index in [1.807, 2.05) is 82.5 Å². The molecule has 3 aromatic rings. The third kappa shape index (κ3) is 3.77. The van der Waals surface area contributed by atoms with Crippen molar-refractivity contribution in [2.75, 3.05) is 11.4 Å². The quantitative estimate of drug-likeness (QED) is 0.758. The number of anilines is 1. The molecule has 0 bridgehead atoms. The first-order chi connectivity index (χ1) is 13.2. The Hall–Kier alpha value is -3.34. The normalized spacial score (nSPS) is 13.8. The van der Waals surface area contributed by atoms with Crippen molar-refractivity contribution in [1.82, 2.24) is 9.88 Å². The number of aromatic nitrogens is 1. The molecule has 0 spiro atoms. The van der Waals surface area contributed by atoms with Gasteiger partial charge in [-0.15, -0.1) is 0 Å². The summed E-state index contributed by atoms with van der Waals surface area (Å²) in [5.74, 6) is 0.0708. The first kappa shape index (κ1) is 17.1. The van der Waals surface area contributed by atoms with E-state index in [1.54, 1.807) is 0 Å². The maximum atomic E-state index is 12.5. The summed E-state index contributed by atoms with van der Waals surface area (Å²) in [6.45, 7) is 1.23. The molecule has 2 heterocycles. The lowest BCUT2D eigenvalue weighted by Crippen LogP contribution is -2.24. The molecule has 5 nitrogen and oxygen atoms in total. The molecule has 1 saturated heterocycles. The largest absolute Gasteiger partial charge is 0.348 e. The second-order valence-corrected chi connectivity index (χ2v) is 6.64. The first-order valence-corrected chi connectivity index (χ1v) is 9.12. The molecule has 2 amide bonds. The molecule has 1 aromatic heterocycles. The average molecular weight is 359 g/mol. The van der Waals surface area contributed by atoms with Crippen LogP contribution in [0.2, 0.25) is 0 Å². The summed E-state index contributed by atoms with van der Waals surface area (Å²) in [7, 11) is 0. The van der Waals surface area contributed by atoms with E-state index in [0.717, 1.165) is 29.9 Å². The number of carbonyl (C=O) groups excluding carboxylic acids is 2. The molecule has 5 heteroatoms. The summed E-state index contributed by atoms with van der Waals surface area (Å²) in [5.41, 5.74) is 3.50. The maximum absolute atomic E-state index is 12.5. The molecule has 4 rings (SSSR count). The Morgan fingerprint density at radius 2 is 1.74 bits per heavy atom. The SMILES string of the molecule is O=C(NCc1ccc(N2CCCC2=O)cc1)c1cccc(-n2cccc2)c1. The van der Waals surface area contributed by atoms with Crippen LogP contribution in [0.15, 0.2) is 73.1 Å². The molecule has 0 aliphatic carbocycles. The third-order valence-electron chi connectivity index (χ3n) is 4.79. The van der Waals surface area contributed by atoms with Crippen LogP contribution in [0.5, 0.6) is 0 Å². The first-order valence-electron chi connectivity index (χ1n) is 9.12. The number of rotatable bonds is 5. The summed E-state index contributed by atoms with van der Waals surface area (Å²) < 4.78 is 1.97. The fraction of sp³-hybridized carbons (Fsp3) is 0.182. The van der Waals surface area contributed by atoms with E-state index in [4.69, 9.17) is 0 Å². The molecule has 1 aliphatic heterocycles. The van der Waals surface area contributed by atoms with Gasteiger partial charge in [0, 0.05) is 48.8 Å². The van der Waals surface area contributed by atoms with Gasteiger partial charge in [0.25, 0.3) is 5.91 Å². The van der Waals surface area contributed by atoms with E-state index in [2.05, 4.69) is 5.32 Å². The number of carbonyl (C=O) groups is 2. The highest BCUT2D eigenvalue weighted by Crippen LogP contribution is 2.21. The van der Waals surface area contributed by atoms with Crippen molar-refractivity contribution < 1.29 is 9.59 Å². The Bertz CT molecular complexity index is 946. The van der Waals surface area contributed by atoms with E-state index < -0.39 is 0 Å². The monoisotopic (exact) mass is 359 g/mol. The third-order valence-corrected chi connectivity index (χ3v) is 4.79. The molecular formula is C22H21N3O2. The predicted octanol–water partition coefficient (Wildman–Crippen LogP) is 3.53. The molecule has 1 N–H and O–H groups in total. The van der Waals surface area contributed by atoms with Gasteiger partial charge in [-0.1, -0.05) is 18.2 Å². The minimum atomic E-state index is -0.109. The minimum absolute atomic E-state index is 0.109. The fourth-order valence-corrected chi connectivity index (χ4v) is 3.31. The van der Waals surface area contributed by atoms with Crippen molar-refractivity contribution >= 4 is 17.5 Å². The van der Waals surface area contributed by atoms with Gasteiger partial charge in [-0.25, -0.2) is 0 Å². The lowest BCUT2D eigenvalue weighted by molar-refractivity contribution is -0.117. The zero-order valence-electron chi connectivity index (χ0n) is 15.0. The second kappa shape index (κ2) is 7.50. The molecule has 27 heavy (non-hydrogen) atoms. The van der Waals surface area contributed by atoms with Gasteiger partial charge in [-0.3, -0.25) is 9.59 Å². The summed E-state index contributed by atoms with van der Waals surface area (Å²) >= 11 is 0. The fourth-order valence-electron chi connectivity index (χ4n) is 3.31. The molecule has 0 unspecified atom stereocenters. The van der Waals surface area contributed by atoms with Gasteiger partial charge in [0.1, 0.15) is 0 Å². The van der Waals surface area contributed by atoms with Crippen LogP contribution >= 0.6 is 0 Å². The molecule has 0 saturated carbocycles. The van der Waals surface area contributed by atoms with Crippen LogP contribution in [0.3, 0.4) is 0 Å².